The molecule has 12 nitrogen and oxygen atoms in total. The van der Waals surface area contributed by atoms with Crippen LogP contribution in [0.3, 0.4) is 0 Å². The van der Waals surface area contributed by atoms with Crippen molar-refractivity contribution in [2.75, 3.05) is 13.1 Å². The van der Waals surface area contributed by atoms with Crippen molar-refractivity contribution in [2.24, 2.45) is 23.2 Å². The lowest BCUT2D eigenvalue weighted by molar-refractivity contribution is -0.144. The van der Waals surface area contributed by atoms with Crippen molar-refractivity contribution < 1.29 is 28.8 Å². The number of urea groups is 1. The summed E-state index contributed by atoms with van der Waals surface area (Å²) in [4.78, 5) is 81.3. The van der Waals surface area contributed by atoms with Gasteiger partial charge in [-0.3, -0.25) is 24.0 Å². The molecule has 2 saturated carbocycles. The first-order valence-corrected chi connectivity index (χ1v) is 17.6. The van der Waals surface area contributed by atoms with Gasteiger partial charge in [0.1, 0.15) is 18.1 Å². The summed E-state index contributed by atoms with van der Waals surface area (Å²) in [6, 6.07) is 6.13. The average Bonchev–Trinajstić information content (AvgIpc) is 3.36. The van der Waals surface area contributed by atoms with Gasteiger partial charge in [0.15, 0.2) is 0 Å². The first-order valence-electron chi connectivity index (χ1n) is 17.6. The van der Waals surface area contributed by atoms with E-state index in [1.807, 2.05) is 51.1 Å². The quantitative estimate of drug-likeness (QED) is 0.150. The highest BCUT2D eigenvalue weighted by Gasteiger charge is 2.69. The Morgan fingerprint density at radius 2 is 1.65 bits per heavy atom. The third kappa shape index (κ3) is 9.70. The van der Waals surface area contributed by atoms with E-state index in [-0.39, 0.29) is 54.4 Å². The maximum absolute atomic E-state index is 14.3. The summed E-state index contributed by atoms with van der Waals surface area (Å²) in [7, 11) is 0. The number of fused-ring (bicyclic) bond motifs is 1. The number of amides is 6. The van der Waals surface area contributed by atoms with Crippen LogP contribution in [0.15, 0.2) is 43.0 Å². The van der Waals surface area contributed by atoms with Crippen LogP contribution in [0.2, 0.25) is 0 Å². The Kier molecular flexibility index (Phi) is 12.3. The third-order valence-corrected chi connectivity index (χ3v) is 10.2. The van der Waals surface area contributed by atoms with Gasteiger partial charge in [-0.1, -0.05) is 69.5 Å². The van der Waals surface area contributed by atoms with Crippen molar-refractivity contribution in [3.05, 3.63) is 48.6 Å². The van der Waals surface area contributed by atoms with Gasteiger partial charge in [0.25, 0.3) is 5.91 Å². The number of rotatable bonds is 14. The number of nitrogens with one attached hydrogen (secondary N) is 5. The number of likely N-dealkylation sites (tertiary alicyclic amines) is 1. The zero-order valence-corrected chi connectivity index (χ0v) is 29.6. The van der Waals surface area contributed by atoms with E-state index in [1.165, 1.54) is 6.08 Å². The number of hydrogen-bond donors (Lipinski definition) is 5. The molecular formula is C37H54N6O6. The Morgan fingerprint density at radius 3 is 2.29 bits per heavy atom. The molecular weight excluding hydrogens is 624 g/mol. The number of ketones is 1. The average molecular weight is 679 g/mol. The molecule has 1 aliphatic heterocycles. The van der Waals surface area contributed by atoms with Crippen LogP contribution in [-0.2, 0) is 30.5 Å². The number of carbonyl (C=O) groups is 6. The van der Waals surface area contributed by atoms with Gasteiger partial charge in [0, 0.05) is 31.6 Å². The summed E-state index contributed by atoms with van der Waals surface area (Å²) in [6.07, 6.45) is 6.04. The van der Waals surface area contributed by atoms with Crippen molar-refractivity contribution in [1.29, 1.82) is 0 Å². The fraction of sp³-hybridized carbons (Fsp3) is 0.622. The summed E-state index contributed by atoms with van der Waals surface area (Å²) in [5.74, 6) is -2.96. The van der Waals surface area contributed by atoms with Crippen LogP contribution in [-0.4, -0.2) is 77.1 Å². The smallest absolute Gasteiger partial charge is 0.315 e. The van der Waals surface area contributed by atoms with Gasteiger partial charge < -0.3 is 31.5 Å². The minimum Gasteiger partial charge on any atom is -0.352 e. The second kappa shape index (κ2) is 16.0. The van der Waals surface area contributed by atoms with Gasteiger partial charge in [-0.2, -0.15) is 0 Å². The first kappa shape index (κ1) is 37.6. The number of carbonyl (C=O) groups excluding carboxylic acids is 6. The summed E-state index contributed by atoms with van der Waals surface area (Å²) in [5, 5.41) is 13.9. The molecule has 12 heteroatoms. The van der Waals surface area contributed by atoms with Crippen molar-refractivity contribution >= 4 is 35.4 Å². The van der Waals surface area contributed by atoms with E-state index in [9.17, 15) is 28.8 Å². The molecule has 5 atom stereocenters. The molecule has 49 heavy (non-hydrogen) atoms. The predicted molar refractivity (Wildman–Crippen MR) is 186 cm³/mol. The summed E-state index contributed by atoms with van der Waals surface area (Å²) in [6.45, 7) is 14.1. The molecule has 1 saturated heterocycles. The molecule has 0 spiro atoms. The van der Waals surface area contributed by atoms with Gasteiger partial charge in [-0.15, -0.1) is 6.58 Å². The number of nitrogens with zero attached hydrogens (tertiary/aromatic N) is 1. The molecule has 0 aromatic heterocycles. The van der Waals surface area contributed by atoms with Crippen LogP contribution in [0.4, 0.5) is 4.79 Å². The van der Waals surface area contributed by atoms with E-state index in [2.05, 4.69) is 47.0 Å². The zero-order chi connectivity index (χ0) is 35.9. The largest absolute Gasteiger partial charge is 0.352 e. The fourth-order valence-corrected chi connectivity index (χ4v) is 7.43. The van der Waals surface area contributed by atoms with Crippen LogP contribution in [0.5, 0.6) is 0 Å². The molecule has 268 valence electrons. The van der Waals surface area contributed by atoms with E-state index in [0.717, 1.165) is 37.7 Å². The van der Waals surface area contributed by atoms with E-state index in [0.29, 0.717) is 13.1 Å². The number of hydrogen-bond acceptors (Lipinski definition) is 6. The molecule has 0 bridgehead atoms. The maximum atomic E-state index is 14.3. The molecule has 1 aromatic rings. The van der Waals surface area contributed by atoms with Crippen LogP contribution in [0.25, 0.3) is 0 Å². The van der Waals surface area contributed by atoms with Crippen LogP contribution in [0.1, 0.15) is 85.1 Å². The molecule has 3 aliphatic rings. The predicted octanol–water partition coefficient (Wildman–Crippen LogP) is 2.97. The molecule has 1 heterocycles. The fourth-order valence-electron chi connectivity index (χ4n) is 7.43. The minimum absolute atomic E-state index is 0.00688. The molecule has 6 amide bonds. The van der Waals surface area contributed by atoms with Crippen LogP contribution in [0, 0.1) is 23.2 Å². The lowest BCUT2D eigenvalue weighted by atomic mass is 9.83. The number of Topliss-reactive ketones (excluding diaryl/α,β-unsaturated/α-hetero) is 1. The highest BCUT2D eigenvalue weighted by Crippen LogP contribution is 2.65. The maximum Gasteiger partial charge on any atom is 0.315 e. The van der Waals surface area contributed by atoms with Gasteiger partial charge in [-0.05, 0) is 68.8 Å². The lowest BCUT2D eigenvalue weighted by Crippen LogP contribution is -2.61. The van der Waals surface area contributed by atoms with Crippen molar-refractivity contribution in [3.63, 3.8) is 0 Å². The van der Waals surface area contributed by atoms with Crippen molar-refractivity contribution in [2.45, 2.75) is 110 Å². The molecule has 5 N–H and O–H groups in total. The van der Waals surface area contributed by atoms with E-state index < -0.39 is 47.3 Å². The normalized spacial score (nSPS) is 22.5. The molecule has 4 rings (SSSR count). The molecule has 2 aliphatic carbocycles. The Balaban J connectivity index is 1.41. The third-order valence-electron chi connectivity index (χ3n) is 10.2. The van der Waals surface area contributed by atoms with Gasteiger partial charge in [-0.25, -0.2) is 4.79 Å². The van der Waals surface area contributed by atoms with Crippen molar-refractivity contribution in [3.8, 4) is 0 Å². The lowest BCUT2D eigenvalue weighted by Gasteiger charge is -2.37. The van der Waals surface area contributed by atoms with E-state index in [4.69, 9.17) is 0 Å². The van der Waals surface area contributed by atoms with Gasteiger partial charge >= 0.3 is 6.03 Å². The topological polar surface area (TPSA) is 166 Å². The Hall–Kier alpha value is -4.22. The van der Waals surface area contributed by atoms with E-state index in [1.54, 1.807) is 4.90 Å². The highest BCUT2D eigenvalue weighted by molar-refractivity contribution is 6.38. The second-order valence-corrected chi connectivity index (χ2v) is 15.3. The minimum atomic E-state index is -1.19. The van der Waals surface area contributed by atoms with E-state index >= 15 is 0 Å². The number of benzene rings is 1. The Morgan fingerprint density at radius 1 is 0.980 bits per heavy atom. The summed E-state index contributed by atoms with van der Waals surface area (Å²) < 4.78 is 0. The Labute approximate surface area is 290 Å². The molecule has 3 fully saturated rings. The van der Waals surface area contributed by atoms with Crippen LogP contribution >= 0.6 is 0 Å². The molecule has 0 unspecified atom stereocenters. The SMILES string of the molecule is C=CC[C@H](NC(=O)[C@@H]1[C@@H]2[C@H](CN1C(=O)[C@@H](NC(=O)NC(C)(C)C)C1CCCCC1)C2(C)C)C(=O)C(=O)NCCC(=O)NCc1ccccc1. The van der Waals surface area contributed by atoms with Gasteiger partial charge in [0.05, 0.1) is 0 Å². The molecule has 1 aromatic carbocycles. The standard InChI is InChI=1S/C37H54N6O6/c1-7-14-26(31(45)33(47)38-20-19-27(44)39-21-23-15-10-8-11-16-23)40-32(46)30-28-25(37(28,5)6)22-43(30)34(48)29(24-17-12-9-13-18-24)41-35(49)42-36(2,3)4/h7-8,10-11,15-16,24-26,28-30H,1,9,12-14,17-22H2,2-6H3,(H,38,47)(H,39,44)(H,40,46)(H2,41,42,49)/t25-,26-,28-,29-,30-/m0/s1. The summed E-state index contributed by atoms with van der Waals surface area (Å²) >= 11 is 0. The highest BCUT2D eigenvalue weighted by atomic mass is 16.2. The monoisotopic (exact) mass is 678 g/mol. The van der Waals surface area contributed by atoms with Crippen LogP contribution < -0.4 is 26.6 Å². The first-order chi connectivity index (χ1) is 23.1. The zero-order valence-electron chi connectivity index (χ0n) is 29.6. The second-order valence-electron chi connectivity index (χ2n) is 15.3. The van der Waals surface area contributed by atoms with Gasteiger partial charge in [0.2, 0.25) is 23.5 Å². The molecule has 0 radical (unpaired) electrons. The van der Waals surface area contributed by atoms with Crippen molar-refractivity contribution in [1.82, 2.24) is 31.5 Å². The Bertz CT molecular complexity index is 1400. The number of piperidine rings is 1. The summed E-state index contributed by atoms with van der Waals surface area (Å²) in [5.41, 5.74) is 0.250.